The molecule has 1 aromatic carbocycles. The lowest BCUT2D eigenvalue weighted by atomic mass is 9.53. The fraction of sp³-hybridized carbons (Fsp3) is 0.650. The van der Waals surface area contributed by atoms with Crippen LogP contribution in [0.4, 0.5) is 9.18 Å². The number of rotatable bonds is 5. The van der Waals surface area contributed by atoms with Gasteiger partial charge in [-0.1, -0.05) is 12.1 Å². The Morgan fingerprint density at radius 3 is 2.44 bits per heavy atom. The third-order valence-electron chi connectivity index (χ3n) is 6.37. The molecule has 0 radical (unpaired) electrons. The van der Waals surface area contributed by atoms with Gasteiger partial charge in [0.15, 0.2) is 0 Å². The molecule has 136 valence electrons. The predicted octanol–water partition coefficient (Wildman–Crippen LogP) is 3.78. The minimum Gasteiger partial charge on any atom is -0.375 e. The van der Waals surface area contributed by atoms with Gasteiger partial charge in [0, 0.05) is 19.2 Å². The van der Waals surface area contributed by atoms with E-state index in [-0.39, 0.29) is 23.5 Å². The lowest BCUT2D eigenvalue weighted by molar-refractivity contribution is -0.0137. The van der Waals surface area contributed by atoms with Gasteiger partial charge in [0.1, 0.15) is 5.82 Å². The van der Waals surface area contributed by atoms with Crippen molar-refractivity contribution in [2.75, 3.05) is 13.7 Å². The topological polar surface area (TPSA) is 50.4 Å². The van der Waals surface area contributed by atoms with E-state index in [2.05, 4.69) is 10.6 Å². The Balaban J connectivity index is 1.34. The summed E-state index contributed by atoms with van der Waals surface area (Å²) in [7, 11) is 1.58. The van der Waals surface area contributed by atoms with Crippen molar-refractivity contribution < 1.29 is 13.9 Å². The van der Waals surface area contributed by atoms with Crippen LogP contribution in [0.15, 0.2) is 24.3 Å². The van der Waals surface area contributed by atoms with Crippen LogP contribution in [-0.4, -0.2) is 25.2 Å². The van der Waals surface area contributed by atoms with Gasteiger partial charge in [0.2, 0.25) is 0 Å². The fourth-order valence-electron chi connectivity index (χ4n) is 5.78. The van der Waals surface area contributed by atoms with Crippen LogP contribution in [0, 0.1) is 23.6 Å². The van der Waals surface area contributed by atoms with Gasteiger partial charge in [0.25, 0.3) is 0 Å². The van der Waals surface area contributed by atoms with E-state index in [0.717, 1.165) is 42.6 Å². The summed E-state index contributed by atoms with van der Waals surface area (Å²) < 4.78 is 18.8. The van der Waals surface area contributed by atoms with Crippen LogP contribution in [0.25, 0.3) is 0 Å². The molecule has 4 aliphatic rings. The molecule has 4 saturated carbocycles. The molecular formula is C20H27FN2O2. The molecule has 1 aromatic rings. The Kier molecular flexibility index (Phi) is 4.44. The highest BCUT2D eigenvalue weighted by Crippen LogP contribution is 2.55. The van der Waals surface area contributed by atoms with E-state index in [9.17, 15) is 9.18 Å². The zero-order valence-electron chi connectivity index (χ0n) is 14.8. The van der Waals surface area contributed by atoms with Crippen molar-refractivity contribution in [3.8, 4) is 0 Å². The van der Waals surface area contributed by atoms with Gasteiger partial charge in [-0.2, -0.15) is 0 Å². The van der Waals surface area contributed by atoms with Crippen LogP contribution in [-0.2, 0) is 4.74 Å². The summed E-state index contributed by atoms with van der Waals surface area (Å²) in [5.41, 5.74) is 0.734. The van der Waals surface area contributed by atoms with Crippen molar-refractivity contribution in [1.82, 2.24) is 10.6 Å². The molecule has 4 aliphatic carbocycles. The van der Waals surface area contributed by atoms with Crippen LogP contribution < -0.4 is 10.6 Å². The monoisotopic (exact) mass is 346 g/mol. The largest absolute Gasteiger partial charge is 0.375 e. The number of urea groups is 1. The fourth-order valence-corrected chi connectivity index (χ4v) is 5.78. The minimum absolute atomic E-state index is 0.000255. The van der Waals surface area contributed by atoms with E-state index in [1.54, 1.807) is 13.2 Å². The van der Waals surface area contributed by atoms with E-state index in [0.29, 0.717) is 6.54 Å². The lowest BCUT2D eigenvalue weighted by Gasteiger charge is -2.56. The first kappa shape index (κ1) is 16.8. The van der Waals surface area contributed by atoms with Crippen molar-refractivity contribution >= 4 is 6.03 Å². The van der Waals surface area contributed by atoms with Crippen LogP contribution in [0.1, 0.15) is 50.2 Å². The van der Waals surface area contributed by atoms with Crippen LogP contribution >= 0.6 is 0 Å². The first-order chi connectivity index (χ1) is 12.0. The number of carbonyl (C=O) groups is 1. The van der Waals surface area contributed by atoms with E-state index in [1.807, 2.05) is 6.07 Å². The highest BCUT2D eigenvalue weighted by atomic mass is 19.1. The van der Waals surface area contributed by atoms with Crippen molar-refractivity contribution in [2.45, 2.75) is 50.2 Å². The Hall–Kier alpha value is -1.62. The number of methoxy groups -OCH3 is 1. The van der Waals surface area contributed by atoms with E-state index >= 15 is 0 Å². The van der Waals surface area contributed by atoms with Gasteiger partial charge in [-0.05, 0) is 74.0 Å². The van der Waals surface area contributed by atoms with E-state index < -0.39 is 0 Å². The van der Waals surface area contributed by atoms with Crippen molar-refractivity contribution in [2.24, 2.45) is 17.8 Å². The zero-order chi connectivity index (χ0) is 17.4. The average molecular weight is 346 g/mol. The minimum atomic E-state index is -0.349. The molecule has 0 aromatic heterocycles. The molecule has 2 N–H and O–H groups in total. The van der Waals surface area contributed by atoms with Gasteiger partial charge in [0.05, 0.1) is 6.10 Å². The molecule has 2 amide bonds. The second-order valence-corrected chi connectivity index (χ2v) is 8.31. The van der Waals surface area contributed by atoms with Crippen molar-refractivity contribution in [3.05, 3.63) is 35.6 Å². The molecule has 1 atom stereocenters. The maximum absolute atomic E-state index is 13.4. The first-order valence-electron chi connectivity index (χ1n) is 9.39. The van der Waals surface area contributed by atoms with Gasteiger partial charge >= 0.3 is 6.03 Å². The Labute approximate surface area is 148 Å². The summed E-state index contributed by atoms with van der Waals surface area (Å²) >= 11 is 0. The molecule has 4 fully saturated rings. The van der Waals surface area contributed by atoms with Gasteiger partial charge in [-0.25, -0.2) is 9.18 Å². The summed E-state index contributed by atoms with van der Waals surface area (Å²) in [5.74, 6) is 2.10. The maximum Gasteiger partial charge on any atom is 0.315 e. The number of halogens is 1. The standard InChI is InChI=1S/C20H27FN2O2/c1-25-18(16-3-2-4-17(21)8-16)12-22-19(24)23-20-9-13-5-14(10-20)7-15(6-13)11-20/h2-4,8,13-15,18H,5-7,9-12H2,1H3,(H2,22,23,24)/t13?,14?,15?,18-,20?/m0/s1. The maximum atomic E-state index is 13.4. The van der Waals surface area contributed by atoms with Crippen LogP contribution in [0.3, 0.4) is 0 Å². The number of ether oxygens (including phenoxy) is 1. The lowest BCUT2D eigenvalue weighted by Crippen LogP contribution is -2.61. The van der Waals surface area contributed by atoms with Gasteiger partial charge < -0.3 is 15.4 Å². The number of hydrogen-bond donors (Lipinski definition) is 2. The number of carbonyl (C=O) groups excluding carboxylic acids is 1. The summed E-state index contributed by atoms with van der Waals surface area (Å²) in [5, 5.41) is 6.22. The molecule has 0 spiro atoms. The first-order valence-corrected chi connectivity index (χ1v) is 9.39. The second kappa shape index (κ2) is 6.60. The number of hydrogen-bond acceptors (Lipinski definition) is 2. The molecule has 0 unspecified atom stereocenters. The van der Waals surface area contributed by atoms with Crippen molar-refractivity contribution in [3.63, 3.8) is 0 Å². The average Bonchev–Trinajstić information content (AvgIpc) is 2.53. The van der Waals surface area contributed by atoms with Gasteiger partial charge in [-0.15, -0.1) is 0 Å². The Morgan fingerprint density at radius 2 is 1.88 bits per heavy atom. The second-order valence-electron chi connectivity index (χ2n) is 8.31. The zero-order valence-corrected chi connectivity index (χ0v) is 14.8. The van der Waals surface area contributed by atoms with Crippen LogP contribution in [0.5, 0.6) is 0 Å². The molecule has 5 heteroatoms. The van der Waals surface area contributed by atoms with E-state index in [1.165, 1.54) is 31.4 Å². The smallest absolute Gasteiger partial charge is 0.315 e. The summed E-state index contributed by atoms with van der Waals surface area (Å²) in [6, 6.07) is 6.21. The molecule has 25 heavy (non-hydrogen) atoms. The summed E-state index contributed by atoms with van der Waals surface area (Å²) in [6.07, 6.45) is 7.10. The summed E-state index contributed by atoms with van der Waals surface area (Å²) in [6.45, 7) is 0.332. The predicted molar refractivity (Wildman–Crippen MR) is 93.6 cm³/mol. The number of benzene rings is 1. The van der Waals surface area contributed by atoms with Crippen molar-refractivity contribution in [1.29, 1.82) is 0 Å². The van der Waals surface area contributed by atoms with E-state index in [4.69, 9.17) is 4.74 Å². The quantitative estimate of drug-likeness (QED) is 0.852. The van der Waals surface area contributed by atoms with Crippen LogP contribution in [0.2, 0.25) is 0 Å². The molecule has 0 heterocycles. The highest BCUT2D eigenvalue weighted by molar-refractivity contribution is 5.75. The molecule has 4 nitrogen and oxygen atoms in total. The number of nitrogens with one attached hydrogen (secondary N) is 2. The Morgan fingerprint density at radius 1 is 1.24 bits per heavy atom. The molecular weight excluding hydrogens is 319 g/mol. The Bertz CT molecular complexity index is 613. The number of amides is 2. The molecule has 0 aliphatic heterocycles. The third kappa shape index (κ3) is 3.52. The summed E-state index contributed by atoms with van der Waals surface area (Å²) in [4.78, 5) is 12.5. The molecule has 4 bridgehead atoms. The third-order valence-corrected chi connectivity index (χ3v) is 6.37. The SMILES string of the molecule is CO[C@@H](CNC(=O)NC12CC3CC(CC(C3)C1)C2)c1cccc(F)c1. The normalized spacial score (nSPS) is 33.9. The highest BCUT2D eigenvalue weighted by Gasteiger charge is 2.51. The van der Waals surface area contributed by atoms with Gasteiger partial charge in [-0.3, -0.25) is 0 Å². The molecule has 0 saturated heterocycles. The molecule has 5 rings (SSSR count).